The molecule has 2 aromatic rings. The average Bonchev–Trinajstić information content (AvgIpc) is 3.34. The Morgan fingerprint density at radius 3 is 2.61 bits per heavy atom. The topological polar surface area (TPSA) is 97.4 Å². The summed E-state index contributed by atoms with van der Waals surface area (Å²) in [4.78, 5) is 3.98. The minimum atomic E-state index is -3.72. The number of primary sulfonamides is 1. The number of sulfonamides is 1. The van der Waals surface area contributed by atoms with E-state index in [1.165, 1.54) is 23.9 Å². The molecule has 0 radical (unpaired) electrons. The van der Waals surface area contributed by atoms with Gasteiger partial charge in [0.1, 0.15) is 10.7 Å². The Kier molecular flexibility index (Phi) is 4.14. The molecule has 1 fully saturated rings. The van der Waals surface area contributed by atoms with Crippen molar-refractivity contribution in [2.75, 3.05) is 5.43 Å². The minimum Gasteiger partial charge on any atom is -0.261 e. The Morgan fingerprint density at radius 2 is 2.00 bits per heavy atom. The lowest BCUT2D eigenvalue weighted by atomic mass is 10.1. The highest BCUT2D eigenvalue weighted by Gasteiger charge is 2.40. The van der Waals surface area contributed by atoms with E-state index in [0.29, 0.717) is 17.7 Å². The van der Waals surface area contributed by atoms with Gasteiger partial charge in [-0.3, -0.25) is 5.43 Å². The number of hydrogen-bond donors (Lipinski definition) is 2. The van der Waals surface area contributed by atoms with Crippen LogP contribution in [0, 0.1) is 5.92 Å². The fourth-order valence-corrected chi connectivity index (χ4v) is 3.03. The van der Waals surface area contributed by atoms with Gasteiger partial charge in [0.2, 0.25) is 10.0 Å². The van der Waals surface area contributed by atoms with E-state index >= 15 is 0 Å². The first-order valence-corrected chi connectivity index (χ1v) is 8.84. The molecule has 2 unspecified atom stereocenters. The van der Waals surface area contributed by atoms with Gasteiger partial charge >= 0.3 is 0 Å². The maximum Gasteiger partial charge on any atom is 0.239 e. The molecule has 23 heavy (non-hydrogen) atoms. The van der Waals surface area contributed by atoms with Crippen LogP contribution in [-0.4, -0.2) is 19.1 Å². The Balaban J connectivity index is 1.62. The Morgan fingerprint density at radius 1 is 1.26 bits per heavy atom. The fourth-order valence-electron chi connectivity index (χ4n) is 2.57. The van der Waals surface area contributed by atoms with Crippen LogP contribution in [0.4, 0.5) is 5.82 Å². The average molecular weight is 330 g/mol. The maximum atomic E-state index is 11.2. The zero-order valence-corrected chi connectivity index (χ0v) is 13.5. The van der Waals surface area contributed by atoms with E-state index in [9.17, 15) is 8.42 Å². The number of rotatable bonds is 5. The lowest BCUT2D eigenvalue weighted by Gasteiger charge is -2.04. The minimum absolute atomic E-state index is 0.0184. The lowest BCUT2D eigenvalue weighted by Crippen LogP contribution is -2.12. The van der Waals surface area contributed by atoms with E-state index in [2.05, 4.69) is 27.6 Å². The summed E-state index contributed by atoms with van der Waals surface area (Å²) in [6, 6.07) is 13.3. The van der Waals surface area contributed by atoms with Crippen molar-refractivity contribution in [1.82, 2.24) is 4.98 Å². The van der Waals surface area contributed by atoms with E-state index < -0.39 is 10.0 Å². The van der Waals surface area contributed by atoms with Crippen molar-refractivity contribution in [3.8, 4) is 0 Å². The Bertz CT molecular complexity index is 817. The van der Waals surface area contributed by atoms with Crippen molar-refractivity contribution < 1.29 is 8.42 Å². The van der Waals surface area contributed by atoms with E-state index in [4.69, 9.17) is 5.14 Å². The van der Waals surface area contributed by atoms with Gasteiger partial charge in [-0.1, -0.05) is 30.3 Å². The van der Waals surface area contributed by atoms with E-state index in [-0.39, 0.29) is 4.90 Å². The van der Waals surface area contributed by atoms with Crippen molar-refractivity contribution in [1.29, 1.82) is 0 Å². The van der Waals surface area contributed by atoms with Gasteiger partial charge < -0.3 is 0 Å². The Labute approximate surface area is 135 Å². The molecule has 1 aliphatic carbocycles. The van der Waals surface area contributed by atoms with Gasteiger partial charge in [0, 0.05) is 17.8 Å². The zero-order chi connectivity index (χ0) is 16.4. The van der Waals surface area contributed by atoms with Crippen molar-refractivity contribution >= 4 is 21.6 Å². The first-order valence-electron chi connectivity index (χ1n) is 7.29. The van der Waals surface area contributed by atoms with E-state index in [1.807, 2.05) is 25.1 Å². The van der Waals surface area contributed by atoms with E-state index in [1.54, 1.807) is 0 Å². The van der Waals surface area contributed by atoms with Crippen molar-refractivity contribution in [2.24, 2.45) is 16.2 Å². The van der Waals surface area contributed by atoms with Gasteiger partial charge in [0.05, 0.1) is 0 Å². The summed E-state index contributed by atoms with van der Waals surface area (Å²) in [7, 11) is -3.72. The number of nitrogens with one attached hydrogen (secondary N) is 1. The molecule has 2 atom stereocenters. The standard InChI is InChI=1S/C16H18N4O2S/c1-11(14-9-15(14)12-5-3-2-4-6-12)19-20-16-8-7-13(10-18-16)23(17,21)22/h2-8,10,14-15H,9H2,1H3,(H,18,20)(H2,17,21,22)/b19-11+. The first-order chi connectivity index (χ1) is 10.9. The normalized spacial score (nSPS) is 21.0. The third-order valence-electron chi connectivity index (χ3n) is 3.97. The number of aromatic nitrogens is 1. The van der Waals surface area contributed by atoms with Crippen molar-refractivity contribution in [2.45, 2.75) is 24.2 Å². The fraction of sp³-hybridized carbons (Fsp3) is 0.250. The summed E-state index contributed by atoms with van der Waals surface area (Å²) in [5, 5.41) is 9.38. The summed E-state index contributed by atoms with van der Waals surface area (Å²) in [5.41, 5.74) is 5.20. The van der Waals surface area contributed by atoms with Crippen LogP contribution in [0.3, 0.4) is 0 Å². The highest BCUT2D eigenvalue weighted by atomic mass is 32.2. The van der Waals surface area contributed by atoms with Gasteiger partial charge in [-0.2, -0.15) is 5.10 Å². The quantitative estimate of drug-likeness (QED) is 0.649. The van der Waals surface area contributed by atoms with Crippen LogP contribution in [0.25, 0.3) is 0 Å². The second kappa shape index (κ2) is 6.10. The predicted octanol–water partition coefficient (Wildman–Crippen LogP) is 2.32. The summed E-state index contributed by atoms with van der Waals surface area (Å²) in [6.07, 6.45) is 2.31. The molecule has 0 amide bonds. The second-order valence-corrected chi connectivity index (χ2v) is 7.21. The van der Waals surface area contributed by atoms with Crippen LogP contribution in [0.5, 0.6) is 0 Å². The van der Waals surface area contributed by atoms with E-state index in [0.717, 1.165) is 12.1 Å². The SMILES string of the molecule is C/C(=N\Nc1ccc(S(N)(=O)=O)cn1)C1CC1c1ccccc1. The molecule has 1 heterocycles. The summed E-state index contributed by atoms with van der Waals surface area (Å²) in [5.74, 6) is 1.45. The highest BCUT2D eigenvalue weighted by molar-refractivity contribution is 7.89. The third kappa shape index (κ3) is 3.75. The molecule has 120 valence electrons. The molecule has 3 N–H and O–H groups in total. The number of hydrazone groups is 1. The smallest absolute Gasteiger partial charge is 0.239 e. The molecule has 1 aromatic carbocycles. The van der Waals surface area contributed by atoms with Crippen LogP contribution < -0.4 is 10.6 Å². The molecular formula is C16H18N4O2S. The van der Waals surface area contributed by atoms with Gasteiger partial charge in [0.25, 0.3) is 0 Å². The van der Waals surface area contributed by atoms with Gasteiger partial charge in [-0.05, 0) is 37.0 Å². The molecule has 0 aliphatic heterocycles. The van der Waals surface area contributed by atoms with Gasteiger partial charge in [-0.25, -0.2) is 18.5 Å². The number of benzene rings is 1. The number of hydrogen-bond acceptors (Lipinski definition) is 5. The van der Waals surface area contributed by atoms with Gasteiger partial charge in [-0.15, -0.1) is 0 Å². The molecular weight excluding hydrogens is 312 g/mol. The maximum absolute atomic E-state index is 11.2. The van der Waals surface area contributed by atoms with Crippen LogP contribution >= 0.6 is 0 Å². The second-order valence-electron chi connectivity index (χ2n) is 5.65. The molecule has 0 bridgehead atoms. The molecule has 3 rings (SSSR count). The zero-order valence-electron chi connectivity index (χ0n) is 12.7. The molecule has 7 heteroatoms. The number of nitrogens with zero attached hydrogens (tertiary/aromatic N) is 2. The molecule has 0 saturated heterocycles. The van der Waals surface area contributed by atoms with Crippen molar-refractivity contribution in [3.05, 3.63) is 54.2 Å². The number of pyridine rings is 1. The predicted molar refractivity (Wildman–Crippen MR) is 89.6 cm³/mol. The molecule has 6 nitrogen and oxygen atoms in total. The van der Waals surface area contributed by atoms with Crippen LogP contribution in [0.1, 0.15) is 24.8 Å². The van der Waals surface area contributed by atoms with Gasteiger partial charge in [0.15, 0.2) is 0 Å². The van der Waals surface area contributed by atoms with Crippen LogP contribution in [0.15, 0.2) is 58.7 Å². The lowest BCUT2D eigenvalue weighted by molar-refractivity contribution is 0.597. The molecule has 1 saturated carbocycles. The third-order valence-corrected chi connectivity index (χ3v) is 4.87. The van der Waals surface area contributed by atoms with Crippen LogP contribution in [0.2, 0.25) is 0 Å². The summed E-state index contributed by atoms with van der Waals surface area (Å²) in [6.45, 7) is 1.99. The molecule has 0 spiro atoms. The molecule has 1 aromatic heterocycles. The Hall–Kier alpha value is -2.25. The summed E-state index contributed by atoms with van der Waals surface area (Å²) < 4.78 is 22.3. The number of anilines is 1. The molecule has 1 aliphatic rings. The highest BCUT2D eigenvalue weighted by Crippen LogP contribution is 2.48. The summed E-state index contributed by atoms with van der Waals surface area (Å²) >= 11 is 0. The van der Waals surface area contributed by atoms with Crippen LogP contribution in [-0.2, 0) is 10.0 Å². The monoisotopic (exact) mass is 330 g/mol. The largest absolute Gasteiger partial charge is 0.261 e. The first kappa shape index (κ1) is 15.6. The van der Waals surface area contributed by atoms with Crippen molar-refractivity contribution in [3.63, 3.8) is 0 Å². The number of nitrogens with two attached hydrogens (primary N) is 1.